The Morgan fingerprint density at radius 2 is 1.88 bits per heavy atom. The van der Waals surface area contributed by atoms with Crippen LogP contribution in [-0.2, 0) is 0 Å². The van der Waals surface area contributed by atoms with Gasteiger partial charge in [0.25, 0.3) is 0 Å². The van der Waals surface area contributed by atoms with Gasteiger partial charge in [-0.25, -0.2) is 0 Å². The van der Waals surface area contributed by atoms with E-state index in [1.54, 1.807) is 0 Å². The van der Waals surface area contributed by atoms with Gasteiger partial charge in [-0.2, -0.15) is 0 Å². The van der Waals surface area contributed by atoms with Crippen molar-refractivity contribution in [2.75, 3.05) is 45.9 Å². The first-order chi connectivity index (χ1) is 8.17. The normalized spacial score (nSPS) is 28.1. The van der Waals surface area contributed by atoms with Gasteiger partial charge in [0.15, 0.2) is 0 Å². The molecule has 2 N–H and O–H groups in total. The lowest BCUT2D eigenvalue weighted by molar-refractivity contribution is -0.00558. The molecule has 0 saturated carbocycles. The summed E-state index contributed by atoms with van der Waals surface area (Å²) < 4.78 is 0. The fourth-order valence-electron chi connectivity index (χ4n) is 3.05. The number of aliphatic hydroxyl groups excluding tert-OH is 2. The summed E-state index contributed by atoms with van der Waals surface area (Å²) >= 11 is 0. The maximum Gasteiger partial charge on any atom is 0.0519 e. The Labute approximate surface area is 104 Å². The molecule has 2 heterocycles. The third-order valence-corrected chi connectivity index (χ3v) is 4.29. The van der Waals surface area contributed by atoms with Crippen LogP contribution >= 0.6 is 0 Å². The molecule has 4 heteroatoms. The molecule has 4 nitrogen and oxygen atoms in total. The van der Waals surface area contributed by atoms with Gasteiger partial charge in [0, 0.05) is 37.6 Å². The number of hydrogen-bond donors (Lipinski definition) is 2. The highest BCUT2D eigenvalue weighted by molar-refractivity contribution is 4.87. The summed E-state index contributed by atoms with van der Waals surface area (Å²) in [5.41, 5.74) is -0.350. The molecule has 0 spiro atoms. The Hall–Kier alpha value is -0.160. The quantitative estimate of drug-likeness (QED) is 0.736. The molecule has 0 aromatic carbocycles. The highest BCUT2D eigenvalue weighted by Gasteiger charge is 2.32. The zero-order valence-corrected chi connectivity index (χ0v) is 10.9. The molecular formula is C13H26N2O2. The lowest BCUT2D eigenvalue weighted by atomic mass is 9.91. The van der Waals surface area contributed by atoms with Crippen LogP contribution in [-0.4, -0.2) is 72.0 Å². The standard InChI is InChI=1S/C13H26N2O2/c1-13(10-16,11-17)9-14-6-7-15-5-3-2-4-12(15)8-14/h12,16-17H,2-11H2,1H3. The first-order valence-electron chi connectivity index (χ1n) is 6.85. The molecular weight excluding hydrogens is 216 g/mol. The number of rotatable bonds is 4. The summed E-state index contributed by atoms with van der Waals surface area (Å²) in [5.74, 6) is 0. The second-order valence-electron chi connectivity index (χ2n) is 6.05. The number of fused-ring (bicyclic) bond motifs is 1. The number of nitrogens with zero attached hydrogens (tertiary/aromatic N) is 2. The van der Waals surface area contributed by atoms with Crippen LogP contribution in [0.3, 0.4) is 0 Å². The Morgan fingerprint density at radius 1 is 1.12 bits per heavy atom. The van der Waals surface area contributed by atoms with Gasteiger partial charge in [-0.15, -0.1) is 0 Å². The number of aliphatic hydroxyl groups is 2. The molecule has 2 fully saturated rings. The molecule has 2 aliphatic rings. The van der Waals surface area contributed by atoms with Crippen molar-refractivity contribution in [3.05, 3.63) is 0 Å². The van der Waals surface area contributed by atoms with E-state index < -0.39 is 0 Å². The number of piperidine rings is 1. The molecule has 0 aromatic rings. The minimum Gasteiger partial charge on any atom is -0.396 e. The Balaban J connectivity index is 1.87. The molecule has 0 bridgehead atoms. The van der Waals surface area contributed by atoms with Crippen molar-refractivity contribution in [1.29, 1.82) is 0 Å². The molecule has 2 rings (SSSR count). The summed E-state index contributed by atoms with van der Waals surface area (Å²) in [5, 5.41) is 18.7. The molecule has 100 valence electrons. The van der Waals surface area contributed by atoms with E-state index in [0.717, 1.165) is 26.2 Å². The van der Waals surface area contributed by atoms with Gasteiger partial charge in [0.05, 0.1) is 13.2 Å². The van der Waals surface area contributed by atoms with E-state index in [1.165, 1.54) is 25.8 Å². The van der Waals surface area contributed by atoms with Crippen LogP contribution in [0, 0.1) is 5.41 Å². The maximum atomic E-state index is 9.35. The van der Waals surface area contributed by atoms with Gasteiger partial charge < -0.3 is 10.2 Å². The van der Waals surface area contributed by atoms with Crippen molar-refractivity contribution >= 4 is 0 Å². The zero-order chi connectivity index (χ0) is 12.3. The van der Waals surface area contributed by atoms with E-state index in [9.17, 15) is 10.2 Å². The first-order valence-corrected chi connectivity index (χ1v) is 6.85. The molecule has 1 unspecified atom stereocenters. The highest BCUT2D eigenvalue weighted by atomic mass is 16.3. The zero-order valence-electron chi connectivity index (χ0n) is 10.9. The Kier molecular flexibility index (Phi) is 4.42. The molecule has 0 aliphatic carbocycles. The molecule has 0 aromatic heterocycles. The van der Waals surface area contributed by atoms with Crippen molar-refractivity contribution < 1.29 is 10.2 Å². The van der Waals surface area contributed by atoms with Gasteiger partial charge in [0.1, 0.15) is 0 Å². The van der Waals surface area contributed by atoms with Crippen LogP contribution in [0.25, 0.3) is 0 Å². The van der Waals surface area contributed by atoms with Gasteiger partial charge in [0.2, 0.25) is 0 Å². The highest BCUT2D eigenvalue weighted by Crippen LogP contribution is 2.24. The van der Waals surface area contributed by atoms with Crippen LogP contribution in [0.15, 0.2) is 0 Å². The smallest absolute Gasteiger partial charge is 0.0519 e. The summed E-state index contributed by atoms with van der Waals surface area (Å²) in [6.45, 7) is 7.49. The van der Waals surface area contributed by atoms with Crippen LogP contribution in [0.5, 0.6) is 0 Å². The molecule has 0 amide bonds. The molecule has 17 heavy (non-hydrogen) atoms. The lowest BCUT2D eigenvalue weighted by Gasteiger charge is -2.46. The largest absolute Gasteiger partial charge is 0.396 e. The predicted molar refractivity (Wildman–Crippen MR) is 67.9 cm³/mol. The summed E-state index contributed by atoms with van der Waals surface area (Å²) in [6.07, 6.45) is 4.01. The minimum absolute atomic E-state index is 0.0639. The van der Waals surface area contributed by atoms with Crippen LogP contribution in [0.1, 0.15) is 26.2 Å². The van der Waals surface area contributed by atoms with Crippen LogP contribution < -0.4 is 0 Å². The summed E-state index contributed by atoms with van der Waals surface area (Å²) in [6, 6.07) is 0.708. The van der Waals surface area contributed by atoms with Crippen molar-refractivity contribution in [3.8, 4) is 0 Å². The van der Waals surface area contributed by atoms with E-state index in [1.807, 2.05) is 6.92 Å². The van der Waals surface area contributed by atoms with E-state index in [0.29, 0.717) is 6.04 Å². The van der Waals surface area contributed by atoms with E-state index in [-0.39, 0.29) is 18.6 Å². The van der Waals surface area contributed by atoms with E-state index in [2.05, 4.69) is 9.80 Å². The minimum atomic E-state index is -0.350. The first kappa shape index (κ1) is 13.3. The maximum absolute atomic E-state index is 9.35. The van der Waals surface area contributed by atoms with Gasteiger partial charge >= 0.3 is 0 Å². The Morgan fingerprint density at radius 3 is 2.59 bits per heavy atom. The van der Waals surface area contributed by atoms with Crippen LogP contribution in [0.2, 0.25) is 0 Å². The fraction of sp³-hybridized carbons (Fsp3) is 1.00. The van der Waals surface area contributed by atoms with Crippen molar-refractivity contribution in [3.63, 3.8) is 0 Å². The Bertz CT molecular complexity index is 244. The monoisotopic (exact) mass is 242 g/mol. The summed E-state index contributed by atoms with van der Waals surface area (Å²) in [7, 11) is 0. The lowest BCUT2D eigenvalue weighted by Crippen LogP contribution is -2.57. The third-order valence-electron chi connectivity index (χ3n) is 4.29. The summed E-state index contributed by atoms with van der Waals surface area (Å²) in [4.78, 5) is 5.02. The van der Waals surface area contributed by atoms with E-state index in [4.69, 9.17) is 0 Å². The SMILES string of the molecule is CC(CO)(CO)CN1CCN2CCCCC2C1. The average Bonchev–Trinajstić information content (AvgIpc) is 2.38. The van der Waals surface area contributed by atoms with Gasteiger partial charge in [-0.05, 0) is 19.4 Å². The van der Waals surface area contributed by atoms with Crippen LogP contribution in [0.4, 0.5) is 0 Å². The molecule has 1 atom stereocenters. The predicted octanol–water partition coefficient (Wildman–Crippen LogP) is 0.147. The molecule has 2 aliphatic heterocycles. The number of piperazine rings is 1. The van der Waals surface area contributed by atoms with Gasteiger partial charge in [-0.1, -0.05) is 13.3 Å². The fourth-order valence-corrected chi connectivity index (χ4v) is 3.05. The van der Waals surface area contributed by atoms with Crippen molar-refractivity contribution in [1.82, 2.24) is 9.80 Å². The number of hydrogen-bond acceptors (Lipinski definition) is 4. The molecule has 0 radical (unpaired) electrons. The molecule has 2 saturated heterocycles. The topological polar surface area (TPSA) is 46.9 Å². The van der Waals surface area contributed by atoms with Crippen molar-refractivity contribution in [2.45, 2.75) is 32.2 Å². The van der Waals surface area contributed by atoms with E-state index >= 15 is 0 Å². The second-order valence-corrected chi connectivity index (χ2v) is 6.05. The van der Waals surface area contributed by atoms with Crippen molar-refractivity contribution in [2.24, 2.45) is 5.41 Å². The third kappa shape index (κ3) is 3.19. The van der Waals surface area contributed by atoms with Gasteiger partial charge in [-0.3, -0.25) is 9.80 Å². The second kappa shape index (κ2) is 5.65. The average molecular weight is 242 g/mol.